The second kappa shape index (κ2) is 9.13. The molecule has 0 aromatic heterocycles. The van der Waals surface area contributed by atoms with Crippen LogP contribution >= 0.6 is 0 Å². The van der Waals surface area contributed by atoms with E-state index in [0.29, 0.717) is 5.92 Å². The normalized spacial score (nSPS) is 14.1. The van der Waals surface area contributed by atoms with Gasteiger partial charge in [0.15, 0.2) is 0 Å². The average Bonchev–Trinajstić information content (AvgIpc) is 2.50. The third-order valence-corrected chi connectivity index (χ3v) is 9.24. The van der Waals surface area contributed by atoms with Crippen LogP contribution in [0.25, 0.3) is 5.76 Å². The Balaban J connectivity index is 2.95. The fourth-order valence-electron chi connectivity index (χ4n) is 2.25. The zero-order valence-electron chi connectivity index (χ0n) is 16.4. The third kappa shape index (κ3) is 6.57. The molecular weight excluding hydrogens is 308 g/mol. The van der Waals surface area contributed by atoms with Crippen molar-refractivity contribution in [2.24, 2.45) is 5.92 Å². The van der Waals surface area contributed by atoms with Gasteiger partial charge in [-0.2, -0.15) is 0 Å². The highest BCUT2D eigenvalue weighted by molar-refractivity contribution is 6.74. The molecule has 1 rings (SSSR count). The molecule has 1 aromatic carbocycles. The molecular formula is C22H34OSi. The van der Waals surface area contributed by atoms with Crippen molar-refractivity contribution >= 4 is 14.1 Å². The van der Waals surface area contributed by atoms with Gasteiger partial charge < -0.3 is 4.43 Å². The summed E-state index contributed by atoms with van der Waals surface area (Å²) in [5.41, 5.74) is 1.18. The Hall–Kier alpha value is -1.46. The summed E-state index contributed by atoms with van der Waals surface area (Å²) in [6.07, 6.45) is 12.0. The average molecular weight is 343 g/mol. The highest BCUT2D eigenvalue weighted by atomic mass is 28.4. The smallest absolute Gasteiger partial charge is 0.250 e. The number of hydrogen-bond donors (Lipinski definition) is 0. The van der Waals surface area contributed by atoms with E-state index in [1.54, 1.807) is 0 Å². The summed E-state index contributed by atoms with van der Waals surface area (Å²) < 4.78 is 6.65. The second-order valence-electron chi connectivity index (χ2n) is 8.19. The lowest BCUT2D eigenvalue weighted by Gasteiger charge is -2.37. The van der Waals surface area contributed by atoms with Gasteiger partial charge in [0.05, 0.1) is 0 Å². The van der Waals surface area contributed by atoms with Crippen molar-refractivity contribution < 1.29 is 4.43 Å². The molecule has 0 bridgehead atoms. The second-order valence-corrected chi connectivity index (χ2v) is 12.9. The number of rotatable bonds is 8. The van der Waals surface area contributed by atoms with Gasteiger partial charge in [0.1, 0.15) is 5.76 Å². The Morgan fingerprint density at radius 3 is 2.38 bits per heavy atom. The van der Waals surface area contributed by atoms with E-state index in [4.69, 9.17) is 10.8 Å². The number of benzene rings is 1. The minimum absolute atomic E-state index is 0.191. The van der Waals surface area contributed by atoms with Gasteiger partial charge in [-0.1, -0.05) is 64.4 Å². The van der Waals surface area contributed by atoms with E-state index in [1.807, 2.05) is 0 Å². The van der Waals surface area contributed by atoms with Crippen LogP contribution in [0.4, 0.5) is 0 Å². The van der Waals surface area contributed by atoms with Gasteiger partial charge >= 0.3 is 0 Å². The van der Waals surface area contributed by atoms with Gasteiger partial charge in [-0.3, -0.25) is 0 Å². The molecule has 0 amide bonds. The largest absolute Gasteiger partial charge is 0.543 e. The summed E-state index contributed by atoms with van der Waals surface area (Å²) in [5.74, 6) is 4.26. The fraction of sp³-hybridized carbons (Fsp3) is 0.545. The third-order valence-electron chi connectivity index (χ3n) is 4.90. The molecule has 0 saturated carbocycles. The molecule has 0 aliphatic carbocycles. The van der Waals surface area contributed by atoms with Gasteiger partial charge in [0.25, 0.3) is 0 Å². The highest BCUT2D eigenvalue weighted by Crippen LogP contribution is 2.39. The summed E-state index contributed by atoms with van der Waals surface area (Å²) in [6, 6.07) is 10.5. The number of terminal acetylenes is 1. The molecule has 0 N–H and O–H groups in total. The standard InChI is InChI=1S/C22H34OSi/c1-8-9-10-12-15-19(2)18-21(20-16-13-11-14-17-20)23-24(6,7)22(3,4)5/h1,11,13-14,16-19H,9-10,12,15H2,2-7H3/b21-18-. The van der Waals surface area contributed by atoms with Crippen LogP contribution in [0.1, 0.15) is 58.9 Å². The van der Waals surface area contributed by atoms with Gasteiger partial charge in [-0.25, -0.2) is 0 Å². The first-order valence-electron chi connectivity index (χ1n) is 9.07. The molecule has 0 aliphatic heterocycles. The minimum atomic E-state index is -1.86. The molecule has 1 nitrogen and oxygen atoms in total. The molecule has 0 spiro atoms. The minimum Gasteiger partial charge on any atom is -0.543 e. The SMILES string of the molecule is C#CCCCCC(C)/C=C(\O[Si](C)(C)C(C)(C)C)c1ccccc1. The molecule has 0 saturated heterocycles. The van der Waals surface area contributed by atoms with E-state index in [-0.39, 0.29) is 5.04 Å². The van der Waals surface area contributed by atoms with E-state index in [1.165, 1.54) is 12.0 Å². The molecule has 1 aromatic rings. The van der Waals surface area contributed by atoms with Crippen LogP contribution in [-0.2, 0) is 4.43 Å². The van der Waals surface area contributed by atoms with E-state index in [2.05, 4.69) is 83.1 Å². The first kappa shape index (κ1) is 20.6. The van der Waals surface area contributed by atoms with Crippen LogP contribution in [0.2, 0.25) is 18.1 Å². The number of hydrogen-bond acceptors (Lipinski definition) is 1. The highest BCUT2D eigenvalue weighted by Gasteiger charge is 2.39. The van der Waals surface area contributed by atoms with Crippen LogP contribution in [0.15, 0.2) is 36.4 Å². The Kier molecular flexibility index (Phi) is 7.83. The van der Waals surface area contributed by atoms with Gasteiger partial charge in [0.2, 0.25) is 8.32 Å². The molecule has 1 atom stereocenters. The maximum atomic E-state index is 6.65. The van der Waals surface area contributed by atoms with Gasteiger partial charge in [-0.05, 0) is 43.0 Å². The Morgan fingerprint density at radius 2 is 1.83 bits per heavy atom. The van der Waals surface area contributed by atoms with E-state index >= 15 is 0 Å². The lowest BCUT2D eigenvalue weighted by molar-refractivity contribution is 0.451. The zero-order valence-corrected chi connectivity index (χ0v) is 17.4. The first-order chi connectivity index (χ1) is 11.2. The molecule has 0 fully saturated rings. The van der Waals surface area contributed by atoms with E-state index < -0.39 is 8.32 Å². The Labute approximate surface area is 150 Å². The Bertz CT molecular complexity index is 558. The molecule has 2 heteroatoms. The van der Waals surface area contributed by atoms with Crippen LogP contribution in [0, 0.1) is 18.3 Å². The molecule has 0 radical (unpaired) electrons. The van der Waals surface area contributed by atoms with E-state index in [9.17, 15) is 0 Å². The van der Waals surface area contributed by atoms with Crippen molar-refractivity contribution in [2.45, 2.75) is 71.5 Å². The van der Waals surface area contributed by atoms with Gasteiger partial charge in [-0.15, -0.1) is 12.3 Å². The number of unbranched alkanes of at least 4 members (excludes halogenated alkanes) is 2. The topological polar surface area (TPSA) is 9.23 Å². The summed E-state index contributed by atoms with van der Waals surface area (Å²) in [4.78, 5) is 0. The predicted molar refractivity (Wildman–Crippen MR) is 109 cm³/mol. The summed E-state index contributed by atoms with van der Waals surface area (Å²) in [6.45, 7) is 13.7. The molecule has 0 aliphatic rings. The van der Waals surface area contributed by atoms with E-state index in [0.717, 1.165) is 25.0 Å². The van der Waals surface area contributed by atoms with Crippen molar-refractivity contribution in [1.29, 1.82) is 0 Å². The summed E-state index contributed by atoms with van der Waals surface area (Å²) in [5, 5.41) is 0.191. The van der Waals surface area contributed by atoms with Crippen LogP contribution in [0.5, 0.6) is 0 Å². The Morgan fingerprint density at radius 1 is 1.21 bits per heavy atom. The summed E-state index contributed by atoms with van der Waals surface area (Å²) in [7, 11) is -1.86. The summed E-state index contributed by atoms with van der Waals surface area (Å²) >= 11 is 0. The monoisotopic (exact) mass is 342 g/mol. The van der Waals surface area contributed by atoms with Crippen molar-refractivity contribution in [1.82, 2.24) is 0 Å². The maximum absolute atomic E-state index is 6.65. The molecule has 0 heterocycles. The molecule has 1 unspecified atom stereocenters. The fourth-order valence-corrected chi connectivity index (χ4v) is 3.30. The van der Waals surface area contributed by atoms with Crippen molar-refractivity contribution in [3.05, 3.63) is 42.0 Å². The number of allylic oxidation sites excluding steroid dienone is 1. The maximum Gasteiger partial charge on any atom is 0.250 e. The quantitative estimate of drug-likeness (QED) is 0.216. The lowest BCUT2D eigenvalue weighted by atomic mass is 10.0. The van der Waals surface area contributed by atoms with Gasteiger partial charge in [0, 0.05) is 12.0 Å². The molecule has 24 heavy (non-hydrogen) atoms. The lowest BCUT2D eigenvalue weighted by Crippen LogP contribution is -2.40. The van der Waals surface area contributed by atoms with Crippen LogP contribution in [0.3, 0.4) is 0 Å². The van der Waals surface area contributed by atoms with Crippen LogP contribution < -0.4 is 0 Å². The first-order valence-corrected chi connectivity index (χ1v) is 12.0. The van der Waals surface area contributed by atoms with Crippen molar-refractivity contribution in [2.75, 3.05) is 0 Å². The van der Waals surface area contributed by atoms with Crippen LogP contribution in [-0.4, -0.2) is 8.32 Å². The predicted octanol–water partition coefficient (Wildman–Crippen LogP) is 6.88. The van der Waals surface area contributed by atoms with Crippen molar-refractivity contribution in [3.8, 4) is 12.3 Å². The molecule has 132 valence electrons. The van der Waals surface area contributed by atoms with Crippen molar-refractivity contribution in [3.63, 3.8) is 0 Å². The zero-order chi connectivity index (χ0) is 18.2.